The van der Waals surface area contributed by atoms with Crippen LogP contribution in [0, 0.1) is 13.8 Å². The fraction of sp³-hybridized carbons (Fsp3) is 0.111. The zero-order valence-corrected chi connectivity index (χ0v) is 17.2. The van der Waals surface area contributed by atoms with Crippen molar-refractivity contribution in [3.63, 3.8) is 0 Å². The maximum atomic E-state index is 3.17. The minimum atomic E-state index is 1.12. The molecule has 0 radical (unpaired) electrons. The zero-order chi connectivity index (χ0) is 20.2. The molecule has 4 aromatic carbocycles. The van der Waals surface area contributed by atoms with Gasteiger partial charge < -0.3 is 10.2 Å². The van der Waals surface area contributed by atoms with E-state index in [4.69, 9.17) is 0 Å². The number of aryl methyl sites for hydroxylation is 2. The lowest BCUT2D eigenvalue weighted by atomic mass is 10.0. The van der Waals surface area contributed by atoms with Crippen LogP contribution in [0.25, 0.3) is 11.1 Å². The van der Waals surface area contributed by atoms with Gasteiger partial charge in [0.2, 0.25) is 0 Å². The van der Waals surface area contributed by atoms with Crippen LogP contribution in [0.4, 0.5) is 22.7 Å². The molecular formula is C27H26N2. The highest BCUT2D eigenvalue weighted by atomic mass is 15.1. The Morgan fingerprint density at radius 1 is 0.483 bits per heavy atom. The van der Waals surface area contributed by atoms with Crippen LogP contribution in [-0.2, 0) is 0 Å². The van der Waals surface area contributed by atoms with Gasteiger partial charge in [-0.1, -0.05) is 59.7 Å². The molecule has 0 saturated carbocycles. The molecule has 0 fully saturated rings. The number of anilines is 4. The molecule has 0 aromatic heterocycles. The minimum absolute atomic E-state index is 1.12. The van der Waals surface area contributed by atoms with E-state index in [1.807, 2.05) is 7.05 Å². The maximum Gasteiger partial charge on any atom is 0.0462 e. The van der Waals surface area contributed by atoms with Gasteiger partial charge in [-0.05, 0) is 73.5 Å². The second kappa shape index (κ2) is 8.24. The van der Waals surface area contributed by atoms with E-state index < -0.39 is 0 Å². The average Bonchev–Trinajstić information content (AvgIpc) is 2.77. The molecule has 0 saturated heterocycles. The van der Waals surface area contributed by atoms with E-state index in [0.29, 0.717) is 0 Å². The lowest BCUT2D eigenvalue weighted by Crippen LogP contribution is -2.09. The highest BCUT2D eigenvalue weighted by Crippen LogP contribution is 2.35. The molecule has 29 heavy (non-hydrogen) atoms. The van der Waals surface area contributed by atoms with Gasteiger partial charge >= 0.3 is 0 Å². The van der Waals surface area contributed by atoms with Gasteiger partial charge in [-0.2, -0.15) is 0 Å². The lowest BCUT2D eigenvalue weighted by Gasteiger charge is -2.26. The summed E-state index contributed by atoms with van der Waals surface area (Å²) in [6.45, 7) is 4.24. The fourth-order valence-electron chi connectivity index (χ4n) is 3.47. The summed E-state index contributed by atoms with van der Waals surface area (Å²) in [5.74, 6) is 0. The third-order valence-electron chi connectivity index (χ3n) is 5.22. The Kier molecular flexibility index (Phi) is 5.35. The van der Waals surface area contributed by atoms with Crippen LogP contribution in [0.5, 0.6) is 0 Å². The summed E-state index contributed by atoms with van der Waals surface area (Å²) in [6, 6.07) is 34.7. The molecule has 2 nitrogen and oxygen atoms in total. The standard InChI is InChI=1S/C27H26N2/c1-20-4-14-25(15-5-20)29(26-16-6-21(2)7-17-26)27-18-10-23(11-19-27)22-8-12-24(28-3)13-9-22/h4-19,28H,1-3H3. The second-order valence-electron chi connectivity index (χ2n) is 7.38. The van der Waals surface area contributed by atoms with Crippen molar-refractivity contribution < 1.29 is 0 Å². The molecule has 4 rings (SSSR count). The van der Waals surface area contributed by atoms with Crippen molar-refractivity contribution in [2.24, 2.45) is 0 Å². The second-order valence-corrected chi connectivity index (χ2v) is 7.38. The van der Waals surface area contributed by atoms with Gasteiger partial charge in [-0.3, -0.25) is 0 Å². The van der Waals surface area contributed by atoms with Crippen LogP contribution in [0.1, 0.15) is 11.1 Å². The van der Waals surface area contributed by atoms with E-state index in [1.54, 1.807) is 0 Å². The summed E-state index contributed by atoms with van der Waals surface area (Å²) in [5, 5.41) is 3.17. The Morgan fingerprint density at radius 2 is 0.828 bits per heavy atom. The third-order valence-corrected chi connectivity index (χ3v) is 5.22. The van der Waals surface area contributed by atoms with Crippen LogP contribution in [0.2, 0.25) is 0 Å². The maximum absolute atomic E-state index is 3.17. The first-order valence-electron chi connectivity index (χ1n) is 9.96. The lowest BCUT2D eigenvalue weighted by molar-refractivity contribution is 1.27. The van der Waals surface area contributed by atoms with Crippen LogP contribution in [0.3, 0.4) is 0 Å². The number of rotatable bonds is 5. The van der Waals surface area contributed by atoms with E-state index in [2.05, 4.69) is 121 Å². The molecule has 0 aliphatic rings. The molecule has 0 aliphatic carbocycles. The summed E-state index contributed by atoms with van der Waals surface area (Å²) in [7, 11) is 1.94. The first kappa shape index (κ1) is 18.8. The molecule has 0 amide bonds. The fourth-order valence-corrected chi connectivity index (χ4v) is 3.47. The van der Waals surface area contributed by atoms with Crippen LogP contribution in [-0.4, -0.2) is 7.05 Å². The summed E-state index contributed by atoms with van der Waals surface area (Å²) in [6.07, 6.45) is 0. The van der Waals surface area contributed by atoms with E-state index in [1.165, 1.54) is 22.3 Å². The van der Waals surface area contributed by atoms with Crippen molar-refractivity contribution in [3.8, 4) is 11.1 Å². The topological polar surface area (TPSA) is 15.3 Å². The molecule has 0 bridgehead atoms. The van der Waals surface area contributed by atoms with Gasteiger partial charge in [0.15, 0.2) is 0 Å². The van der Waals surface area contributed by atoms with Gasteiger partial charge in [-0.25, -0.2) is 0 Å². The van der Waals surface area contributed by atoms with Gasteiger partial charge in [0.25, 0.3) is 0 Å². The van der Waals surface area contributed by atoms with E-state index in [0.717, 1.165) is 22.7 Å². The third kappa shape index (κ3) is 4.17. The first-order chi connectivity index (χ1) is 14.1. The SMILES string of the molecule is CNc1ccc(-c2ccc(N(c3ccc(C)cc3)c3ccc(C)cc3)cc2)cc1. The molecule has 0 unspecified atom stereocenters. The van der Waals surface area contributed by atoms with Crippen molar-refractivity contribution in [2.45, 2.75) is 13.8 Å². The van der Waals surface area contributed by atoms with E-state index >= 15 is 0 Å². The van der Waals surface area contributed by atoms with E-state index in [-0.39, 0.29) is 0 Å². The van der Waals surface area contributed by atoms with Crippen LogP contribution in [0.15, 0.2) is 97.1 Å². The Balaban J connectivity index is 1.72. The molecule has 2 heteroatoms. The summed E-state index contributed by atoms with van der Waals surface area (Å²) in [4.78, 5) is 2.30. The first-order valence-corrected chi connectivity index (χ1v) is 9.96. The highest BCUT2D eigenvalue weighted by molar-refractivity contribution is 5.78. The number of nitrogens with zero attached hydrogens (tertiary/aromatic N) is 1. The van der Waals surface area contributed by atoms with Crippen molar-refractivity contribution in [1.29, 1.82) is 0 Å². The Bertz CT molecular complexity index is 1020. The molecule has 0 heterocycles. The molecule has 4 aromatic rings. The molecule has 144 valence electrons. The van der Waals surface area contributed by atoms with Gasteiger partial charge in [0.05, 0.1) is 0 Å². The van der Waals surface area contributed by atoms with E-state index in [9.17, 15) is 0 Å². The van der Waals surface area contributed by atoms with Crippen molar-refractivity contribution in [1.82, 2.24) is 0 Å². The predicted octanol–water partition coefficient (Wildman–Crippen LogP) is 7.48. The van der Waals surface area contributed by atoms with Crippen molar-refractivity contribution >= 4 is 22.7 Å². The average molecular weight is 379 g/mol. The molecular weight excluding hydrogens is 352 g/mol. The summed E-state index contributed by atoms with van der Waals surface area (Å²) in [5.41, 5.74) is 9.53. The molecule has 0 spiro atoms. The summed E-state index contributed by atoms with van der Waals surface area (Å²) >= 11 is 0. The highest BCUT2D eigenvalue weighted by Gasteiger charge is 2.12. The Labute approximate surface area is 173 Å². The monoisotopic (exact) mass is 378 g/mol. The van der Waals surface area contributed by atoms with Crippen molar-refractivity contribution in [3.05, 3.63) is 108 Å². The Morgan fingerprint density at radius 3 is 1.21 bits per heavy atom. The normalized spacial score (nSPS) is 10.6. The molecule has 1 N–H and O–H groups in total. The van der Waals surface area contributed by atoms with Gasteiger partial charge in [0, 0.05) is 29.8 Å². The number of hydrogen-bond donors (Lipinski definition) is 1. The van der Waals surface area contributed by atoms with Crippen LogP contribution < -0.4 is 10.2 Å². The quantitative estimate of drug-likeness (QED) is 0.387. The minimum Gasteiger partial charge on any atom is -0.388 e. The zero-order valence-electron chi connectivity index (χ0n) is 17.2. The number of benzene rings is 4. The Hall–Kier alpha value is -3.52. The van der Waals surface area contributed by atoms with Crippen molar-refractivity contribution in [2.75, 3.05) is 17.3 Å². The smallest absolute Gasteiger partial charge is 0.0462 e. The number of nitrogens with one attached hydrogen (secondary N) is 1. The largest absolute Gasteiger partial charge is 0.388 e. The van der Waals surface area contributed by atoms with Gasteiger partial charge in [-0.15, -0.1) is 0 Å². The van der Waals surface area contributed by atoms with Gasteiger partial charge in [0.1, 0.15) is 0 Å². The van der Waals surface area contributed by atoms with Crippen LogP contribution >= 0.6 is 0 Å². The number of hydrogen-bond acceptors (Lipinski definition) is 2. The predicted molar refractivity (Wildman–Crippen MR) is 126 cm³/mol. The summed E-state index contributed by atoms with van der Waals surface area (Å²) < 4.78 is 0. The molecule has 0 aliphatic heterocycles. The molecule has 0 atom stereocenters.